The predicted molar refractivity (Wildman–Crippen MR) is 94.4 cm³/mol. The van der Waals surface area contributed by atoms with Gasteiger partial charge in [-0.15, -0.1) is 0 Å². The third-order valence-corrected chi connectivity index (χ3v) is 3.65. The fraction of sp³-hybridized carbons (Fsp3) is 0.556. The predicted octanol–water partition coefficient (Wildman–Crippen LogP) is 2.82. The van der Waals surface area contributed by atoms with Crippen LogP contribution in [0, 0.1) is 0 Å². The summed E-state index contributed by atoms with van der Waals surface area (Å²) < 4.78 is 4.63. The van der Waals surface area contributed by atoms with Crippen molar-refractivity contribution >= 4 is 11.9 Å². The molecule has 0 bridgehead atoms. The van der Waals surface area contributed by atoms with Crippen LogP contribution < -0.4 is 5.32 Å². The van der Waals surface area contributed by atoms with Gasteiger partial charge in [-0.2, -0.15) is 0 Å². The second-order valence-corrected chi connectivity index (χ2v) is 5.56. The molecule has 0 saturated carbocycles. The average molecular weight is 319 g/mol. The number of nitrogens with zero attached hydrogens (tertiary/aromatic N) is 2. The van der Waals surface area contributed by atoms with Crippen molar-refractivity contribution in [1.29, 1.82) is 0 Å². The summed E-state index contributed by atoms with van der Waals surface area (Å²) >= 11 is 0. The molecule has 0 aromatic heterocycles. The first-order chi connectivity index (χ1) is 11.2. The van der Waals surface area contributed by atoms with Gasteiger partial charge in [-0.3, -0.25) is 9.79 Å². The van der Waals surface area contributed by atoms with E-state index in [0.29, 0.717) is 6.42 Å². The molecule has 5 nitrogen and oxygen atoms in total. The Bertz CT molecular complexity index is 474. The molecule has 0 heterocycles. The molecule has 0 spiro atoms. The largest absolute Gasteiger partial charge is 0.469 e. The van der Waals surface area contributed by atoms with Gasteiger partial charge < -0.3 is 15.0 Å². The lowest BCUT2D eigenvalue weighted by Gasteiger charge is -2.22. The first-order valence-corrected chi connectivity index (χ1v) is 8.20. The molecule has 1 N–H and O–H groups in total. The number of esters is 1. The lowest BCUT2D eigenvalue weighted by Crippen LogP contribution is -2.38. The second-order valence-electron chi connectivity index (χ2n) is 5.56. The highest BCUT2D eigenvalue weighted by Gasteiger charge is 2.05. The van der Waals surface area contributed by atoms with Crippen molar-refractivity contribution in [3.8, 4) is 0 Å². The first kappa shape index (κ1) is 19.0. The number of hydrogen-bond acceptors (Lipinski definition) is 3. The van der Waals surface area contributed by atoms with Crippen molar-refractivity contribution in [3.05, 3.63) is 35.9 Å². The number of guanidine groups is 1. The number of rotatable bonds is 9. The summed E-state index contributed by atoms with van der Waals surface area (Å²) in [6.45, 7) is 1.73. The Hall–Kier alpha value is -2.04. The van der Waals surface area contributed by atoms with Gasteiger partial charge in [0.2, 0.25) is 0 Å². The van der Waals surface area contributed by atoms with E-state index in [9.17, 15) is 4.79 Å². The van der Waals surface area contributed by atoms with Gasteiger partial charge in [0.1, 0.15) is 0 Å². The maximum Gasteiger partial charge on any atom is 0.305 e. The number of hydrogen-bond donors (Lipinski definition) is 1. The minimum absolute atomic E-state index is 0.119. The molecule has 1 rings (SSSR count). The highest BCUT2D eigenvalue weighted by Crippen LogP contribution is 2.05. The topological polar surface area (TPSA) is 53.9 Å². The van der Waals surface area contributed by atoms with Gasteiger partial charge in [-0.1, -0.05) is 43.2 Å². The highest BCUT2D eigenvalue weighted by atomic mass is 16.5. The van der Waals surface area contributed by atoms with Crippen LogP contribution in [0.3, 0.4) is 0 Å². The van der Waals surface area contributed by atoms with Crippen LogP contribution in [0.1, 0.15) is 37.7 Å². The Labute approximate surface area is 139 Å². The Kier molecular flexibility index (Phi) is 9.52. The standard InChI is InChI=1S/C18H29N3O2/c1-19-18(21(2)15-16-11-7-6-8-12-16)20-14-10-5-4-9-13-17(22)23-3/h6-8,11-12H,4-5,9-10,13-15H2,1-3H3,(H,19,20). The lowest BCUT2D eigenvalue weighted by molar-refractivity contribution is -0.140. The Morgan fingerprint density at radius 2 is 1.87 bits per heavy atom. The van der Waals surface area contributed by atoms with Gasteiger partial charge >= 0.3 is 5.97 Å². The third-order valence-electron chi connectivity index (χ3n) is 3.65. The summed E-state index contributed by atoms with van der Waals surface area (Å²) in [7, 11) is 5.28. The van der Waals surface area contributed by atoms with E-state index in [1.807, 2.05) is 25.2 Å². The number of carbonyl (C=O) groups excluding carboxylic acids is 1. The van der Waals surface area contributed by atoms with E-state index >= 15 is 0 Å². The van der Waals surface area contributed by atoms with Crippen LogP contribution >= 0.6 is 0 Å². The fourth-order valence-corrected chi connectivity index (χ4v) is 2.37. The fourth-order valence-electron chi connectivity index (χ4n) is 2.37. The summed E-state index contributed by atoms with van der Waals surface area (Å²) in [4.78, 5) is 17.4. The number of methoxy groups -OCH3 is 1. The maximum absolute atomic E-state index is 11.0. The summed E-state index contributed by atoms with van der Waals surface area (Å²) in [5.41, 5.74) is 1.26. The van der Waals surface area contributed by atoms with E-state index in [2.05, 4.69) is 32.1 Å². The molecular formula is C18H29N3O2. The second kappa shape index (κ2) is 11.5. The van der Waals surface area contributed by atoms with Gasteiger partial charge in [0.05, 0.1) is 7.11 Å². The number of aliphatic imine (C=N–C) groups is 1. The zero-order chi connectivity index (χ0) is 16.9. The van der Waals surface area contributed by atoms with Crippen molar-refractivity contribution in [3.63, 3.8) is 0 Å². The molecule has 0 fully saturated rings. The van der Waals surface area contributed by atoms with Gasteiger partial charge in [0.15, 0.2) is 5.96 Å². The van der Waals surface area contributed by atoms with Gasteiger partial charge in [-0.25, -0.2) is 0 Å². The summed E-state index contributed by atoms with van der Waals surface area (Å²) in [6.07, 6.45) is 4.64. The Morgan fingerprint density at radius 3 is 2.52 bits per heavy atom. The van der Waals surface area contributed by atoms with Gasteiger partial charge in [0.25, 0.3) is 0 Å². The number of carbonyl (C=O) groups is 1. The van der Waals surface area contributed by atoms with Crippen molar-refractivity contribution in [1.82, 2.24) is 10.2 Å². The van der Waals surface area contributed by atoms with Crippen LogP contribution in [0.15, 0.2) is 35.3 Å². The van der Waals surface area contributed by atoms with E-state index in [1.165, 1.54) is 12.7 Å². The molecule has 0 amide bonds. The number of benzene rings is 1. The van der Waals surface area contributed by atoms with Crippen LogP contribution in [0.4, 0.5) is 0 Å². The van der Waals surface area contributed by atoms with E-state index in [1.54, 1.807) is 7.05 Å². The summed E-state index contributed by atoms with van der Waals surface area (Å²) in [5.74, 6) is 0.787. The first-order valence-electron chi connectivity index (χ1n) is 8.20. The SMILES string of the molecule is CN=C(NCCCCCCC(=O)OC)N(C)Cc1ccccc1. The minimum Gasteiger partial charge on any atom is -0.469 e. The van der Waals surface area contributed by atoms with Gasteiger partial charge in [0, 0.05) is 33.6 Å². The van der Waals surface area contributed by atoms with Crippen LogP contribution in [-0.2, 0) is 16.1 Å². The quantitative estimate of drug-likeness (QED) is 0.329. The average Bonchev–Trinajstić information content (AvgIpc) is 2.57. The van der Waals surface area contributed by atoms with Crippen LogP contribution in [0.2, 0.25) is 0 Å². The zero-order valence-corrected chi connectivity index (χ0v) is 14.5. The Balaban J connectivity index is 2.17. The molecule has 0 aliphatic rings. The molecule has 1 aromatic carbocycles. The number of ether oxygens (including phenoxy) is 1. The van der Waals surface area contributed by atoms with E-state index in [4.69, 9.17) is 0 Å². The van der Waals surface area contributed by atoms with Crippen LogP contribution in [0.25, 0.3) is 0 Å². The molecule has 5 heteroatoms. The van der Waals surface area contributed by atoms with Crippen LogP contribution in [-0.4, -0.2) is 44.6 Å². The lowest BCUT2D eigenvalue weighted by atomic mass is 10.1. The molecule has 23 heavy (non-hydrogen) atoms. The highest BCUT2D eigenvalue weighted by molar-refractivity contribution is 5.79. The van der Waals surface area contributed by atoms with E-state index in [-0.39, 0.29) is 5.97 Å². The van der Waals surface area contributed by atoms with E-state index in [0.717, 1.165) is 44.7 Å². The molecule has 0 aliphatic carbocycles. The van der Waals surface area contributed by atoms with Gasteiger partial charge in [-0.05, 0) is 18.4 Å². The minimum atomic E-state index is -0.119. The molecule has 128 valence electrons. The van der Waals surface area contributed by atoms with Crippen LogP contribution in [0.5, 0.6) is 0 Å². The van der Waals surface area contributed by atoms with Crippen molar-refractivity contribution in [2.45, 2.75) is 38.6 Å². The maximum atomic E-state index is 11.0. The molecule has 1 aromatic rings. The van der Waals surface area contributed by atoms with E-state index < -0.39 is 0 Å². The molecule has 0 atom stereocenters. The molecule has 0 unspecified atom stereocenters. The summed E-state index contributed by atoms with van der Waals surface area (Å²) in [6, 6.07) is 10.4. The zero-order valence-electron chi connectivity index (χ0n) is 14.5. The monoisotopic (exact) mass is 319 g/mol. The van der Waals surface area contributed by atoms with Crippen molar-refractivity contribution in [2.24, 2.45) is 4.99 Å². The normalized spacial score (nSPS) is 11.2. The molecular weight excluding hydrogens is 290 g/mol. The Morgan fingerprint density at radius 1 is 1.17 bits per heavy atom. The number of unbranched alkanes of at least 4 members (excludes halogenated alkanes) is 3. The number of nitrogens with one attached hydrogen (secondary N) is 1. The smallest absolute Gasteiger partial charge is 0.305 e. The molecule has 0 saturated heterocycles. The van der Waals surface area contributed by atoms with Crippen molar-refractivity contribution < 1.29 is 9.53 Å². The summed E-state index contributed by atoms with van der Waals surface area (Å²) in [5, 5.41) is 3.38. The third kappa shape index (κ3) is 8.24. The molecule has 0 radical (unpaired) electrons. The van der Waals surface area contributed by atoms with Crippen molar-refractivity contribution in [2.75, 3.05) is 27.7 Å². The molecule has 0 aliphatic heterocycles.